The molecule has 30 heavy (non-hydrogen) atoms. The zero-order valence-corrected chi connectivity index (χ0v) is 17.7. The number of rotatable bonds is 7. The minimum atomic E-state index is -0.391. The summed E-state index contributed by atoms with van der Waals surface area (Å²) in [5.41, 5.74) is 2.42. The molecule has 154 valence electrons. The highest BCUT2D eigenvalue weighted by Crippen LogP contribution is 2.33. The molecule has 2 aromatic heterocycles. The van der Waals surface area contributed by atoms with Gasteiger partial charge in [-0.15, -0.1) is 10.2 Å². The second-order valence-corrected chi connectivity index (χ2v) is 8.85. The Hall–Kier alpha value is -3.31. The van der Waals surface area contributed by atoms with E-state index in [0.717, 1.165) is 5.69 Å². The minimum Gasteiger partial charge on any atom is -0.495 e. The molecule has 0 aliphatic heterocycles. The Morgan fingerprint density at radius 2 is 1.97 bits per heavy atom. The van der Waals surface area contributed by atoms with Crippen LogP contribution in [0.1, 0.15) is 6.92 Å². The van der Waals surface area contributed by atoms with Crippen molar-refractivity contribution in [3.63, 3.8) is 0 Å². The van der Waals surface area contributed by atoms with Gasteiger partial charge in [-0.1, -0.05) is 35.2 Å². The highest BCUT2D eigenvalue weighted by atomic mass is 32.2. The molecule has 1 atom stereocenters. The van der Waals surface area contributed by atoms with Crippen LogP contribution in [-0.2, 0) is 4.79 Å². The van der Waals surface area contributed by atoms with Crippen LogP contribution in [0, 0.1) is 0 Å². The summed E-state index contributed by atoms with van der Waals surface area (Å²) in [6.45, 7) is 1.80. The van der Waals surface area contributed by atoms with Gasteiger partial charge in [-0.05, 0) is 37.3 Å². The number of carbonyl (C=O) groups is 1. The number of carbonyl (C=O) groups excluding carboxylic acids is 1. The first-order valence-corrected chi connectivity index (χ1v) is 10.6. The third kappa shape index (κ3) is 4.47. The number of imidazole rings is 1. The Morgan fingerprint density at radius 3 is 2.80 bits per heavy atom. The second kappa shape index (κ2) is 8.59. The van der Waals surface area contributed by atoms with Gasteiger partial charge >= 0.3 is 5.69 Å². The smallest absolute Gasteiger partial charge is 0.323 e. The van der Waals surface area contributed by atoms with Crippen LogP contribution in [0.2, 0.25) is 0 Å². The number of methoxy groups -OCH3 is 1. The van der Waals surface area contributed by atoms with Crippen LogP contribution in [0.3, 0.4) is 0 Å². The number of ether oxygens (including phenoxy) is 1. The molecule has 0 radical (unpaired) electrons. The van der Waals surface area contributed by atoms with Crippen molar-refractivity contribution >= 4 is 56.5 Å². The molecule has 0 saturated carbocycles. The standard InChI is InChI=1S/C19H18N6O3S2/c1-10(16(26)20-11-7-8-12-14(9-11)22-17(27)21-12)29-19-25-24-18(30-19)23-13-5-3-4-6-15(13)28-2/h3-10H,1-2H3,(H,20,26)(H,23,24)(H2,21,22,27). The molecule has 1 unspecified atom stereocenters. The molecule has 4 rings (SSSR count). The summed E-state index contributed by atoms with van der Waals surface area (Å²) < 4.78 is 5.99. The Morgan fingerprint density at radius 1 is 1.17 bits per heavy atom. The van der Waals surface area contributed by atoms with Gasteiger partial charge in [-0.3, -0.25) is 4.79 Å². The number of nitrogens with one attached hydrogen (secondary N) is 4. The number of thioether (sulfide) groups is 1. The Labute approximate surface area is 179 Å². The Bertz CT molecular complexity index is 1250. The van der Waals surface area contributed by atoms with Gasteiger partial charge < -0.3 is 25.3 Å². The highest BCUT2D eigenvalue weighted by Gasteiger charge is 2.18. The average Bonchev–Trinajstić information content (AvgIpc) is 3.33. The van der Waals surface area contributed by atoms with E-state index in [-0.39, 0.29) is 11.6 Å². The fourth-order valence-corrected chi connectivity index (χ4v) is 4.64. The lowest BCUT2D eigenvalue weighted by Crippen LogP contribution is -2.22. The number of amides is 1. The SMILES string of the molecule is COc1ccccc1Nc1nnc(SC(C)C(=O)Nc2ccc3[nH]c(=O)[nH]c3c2)s1. The van der Waals surface area contributed by atoms with Crippen molar-refractivity contribution in [3.05, 3.63) is 52.9 Å². The van der Waals surface area contributed by atoms with Gasteiger partial charge in [0, 0.05) is 5.69 Å². The fourth-order valence-electron chi connectivity index (χ4n) is 2.73. The van der Waals surface area contributed by atoms with Crippen molar-refractivity contribution in [3.8, 4) is 5.75 Å². The van der Waals surface area contributed by atoms with Crippen molar-refractivity contribution in [1.29, 1.82) is 0 Å². The Kier molecular flexibility index (Phi) is 5.72. The number of para-hydroxylation sites is 2. The first-order chi connectivity index (χ1) is 14.5. The van der Waals surface area contributed by atoms with Gasteiger partial charge in [0.2, 0.25) is 11.0 Å². The van der Waals surface area contributed by atoms with Crippen molar-refractivity contribution in [2.75, 3.05) is 17.7 Å². The van der Waals surface area contributed by atoms with Crippen LogP contribution in [0.15, 0.2) is 51.6 Å². The lowest BCUT2D eigenvalue weighted by atomic mass is 10.2. The first kappa shape index (κ1) is 20.0. The Balaban J connectivity index is 1.38. The molecule has 4 N–H and O–H groups in total. The van der Waals surface area contributed by atoms with Crippen molar-refractivity contribution < 1.29 is 9.53 Å². The molecule has 11 heteroatoms. The lowest BCUT2D eigenvalue weighted by Gasteiger charge is -2.10. The highest BCUT2D eigenvalue weighted by molar-refractivity contribution is 8.02. The van der Waals surface area contributed by atoms with Crippen LogP contribution in [-0.4, -0.2) is 38.4 Å². The van der Waals surface area contributed by atoms with Crippen molar-refractivity contribution in [2.24, 2.45) is 0 Å². The molecule has 0 spiro atoms. The second-order valence-electron chi connectivity index (χ2n) is 6.29. The third-order valence-corrected chi connectivity index (χ3v) is 6.21. The monoisotopic (exact) mass is 442 g/mol. The van der Waals surface area contributed by atoms with E-state index in [1.165, 1.54) is 23.1 Å². The molecule has 0 aliphatic rings. The van der Waals surface area contributed by atoms with E-state index in [1.54, 1.807) is 32.2 Å². The molecule has 0 aliphatic carbocycles. The number of hydrogen-bond acceptors (Lipinski definition) is 8. The van der Waals surface area contributed by atoms with Crippen LogP contribution < -0.4 is 21.1 Å². The average molecular weight is 443 g/mol. The van der Waals surface area contributed by atoms with E-state index in [2.05, 4.69) is 30.8 Å². The molecule has 0 bridgehead atoms. The van der Waals surface area contributed by atoms with Gasteiger partial charge in [0.25, 0.3) is 0 Å². The maximum absolute atomic E-state index is 12.6. The maximum Gasteiger partial charge on any atom is 0.323 e. The van der Waals surface area contributed by atoms with E-state index in [0.29, 0.717) is 31.9 Å². The third-order valence-electron chi connectivity index (χ3n) is 4.19. The van der Waals surface area contributed by atoms with Gasteiger partial charge in [0.05, 0.1) is 29.1 Å². The van der Waals surface area contributed by atoms with Crippen LogP contribution >= 0.6 is 23.1 Å². The summed E-state index contributed by atoms with van der Waals surface area (Å²) in [4.78, 5) is 29.3. The predicted molar refractivity (Wildman–Crippen MR) is 119 cm³/mol. The topological polar surface area (TPSA) is 125 Å². The summed E-state index contributed by atoms with van der Waals surface area (Å²) in [5, 5.41) is 14.5. The number of aromatic nitrogens is 4. The number of nitrogens with zero attached hydrogens (tertiary/aromatic N) is 2. The van der Waals surface area contributed by atoms with Crippen LogP contribution in [0.4, 0.5) is 16.5 Å². The van der Waals surface area contributed by atoms with Gasteiger partial charge in [-0.25, -0.2) is 4.79 Å². The van der Waals surface area contributed by atoms with Crippen molar-refractivity contribution in [1.82, 2.24) is 20.2 Å². The number of aromatic amines is 2. The molecule has 0 saturated heterocycles. The minimum absolute atomic E-state index is 0.174. The summed E-state index contributed by atoms with van der Waals surface area (Å²) >= 11 is 2.67. The van der Waals surface area contributed by atoms with E-state index in [4.69, 9.17) is 4.74 Å². The fraction of sp³-hybridized carbons (Fsp3) is 0.158. The lowest BCUT2D eigenvalue weighted by molar-refractivity contribution is -0.115. The van der Waals surface area contributed by atoms with Crippen LogP contribution in [0.5, 0.6) is 5.75 Å². The van der Waals surface area contributed by atoms with Gasteiger partial charge in [-0.2, -0.15) is 0 Å². The zero-order valence-electron chi connectivity index (χ0n) is 16.1. The number of hydrogen-bond donors (Lipinski definition) is 4. The number of H-pyrrole nitrogens is 2. The zero-order chi connectivity index (χ0) is 21.1. The summed E-state index contributed by atoms with van der Waals surface area (Å²) in [6.07, 6.45) is 0. The summed E-state index contributed by atoms with van der Waals surface area (Å²) in [6, 6.07) is 12.7. The normalized spacial score (nSPS) is 11.9. The van der Waals surface area contributed by atoms with Gasteiger partial charge in [0.15, 0.2) is 4.34 Å². The van der Waals surface area contributed by atoms with Crippen LogP contribution in [0.25, 0.3) is 11.0 Å². The molecular weight excluding hydrogens is 424 g/mol. The van der Waals surface area contributed by atoms with Crippen molar-refractivity contribution in [2.45, 2.75) is 16.5 Å². The molecule has 0 fully saturated rings. The number of benzene rings is 2. The first-order valence-electron chi connectivity index (χ1n) is 8.95. The molecular formula is C19H18N6O3S2. The molecule has 1 amide bonds. The summed E-state index contributed by atoms with van der Waals surface area (Å²) in [7, 11) is 1.60. The summed E-state index contributed by atoms with van der Waals surface area (Å²) in [5.74, 6) is 0.530. The molecule has 2 aromatic carbocycles. The maximum atomic E-state index is 12.6. The molecule has 9 nitrogen and oxygen atoms in total. The molecule has 4 aromatic rings. The predicted octanol–water partition coefficient (Wildman–Crippen LogP) is 3.58. The quantitative estimate of drug-likeness (QED) is 0.322. The van der Waals surface area contributed by atoms with E-state index < -0.39 is 5.25 Å². The number of anilines is 3. The molecule has 2 heterocycles. The van der Waals surface area contributed by atoms with E-state index in [1.807, 2.05) is 24.3 Å². The number of fused-ring (bicyclic) bond motifs is 1. The van der Waals surface area contributed by atoms with E-state index in [9.17, 15) is 9.59 Å². The van der Waals surface area contributed by atoms with E-state index >= 15 is 0 Å². The largest absolute Gasteiger partial charge is 0.495 e. The van der Waals surface area contributed by atoms with Gasteiger partial charge in [0.1, 0.15) is 5.75 Å².